The van der Waals surface area contributed by atoms with Crippen molar-refractivity contribution in [2.24, 2.45) is 0 Å². The topological polar surface area (TPSA) is 35.5 Å². The van der Waals surface area contributed by atoms with Crippen molar-refractivity contribution < 1.29 is 14.3 Å². The molecule has 0 fully saturated rings. The van der Waals surface area contributed by atoms with Crippen molar-refractivity contribution in [2.75, 3.05) is 13.7 Å². The molecule has 3 nitrogen and oxygen atoms in total. The molecule has 0 aliphatic carbocycles. The van der Waals surface area contributed by atoms with Gasteiger partial charge in [-0.25, -0.2) is 4.79 Å². The maximum Gasteiger partial charge on any atom is 0.337 e. The molecule has 0 saturated heterocycles. The fourth-order valence-corrected chi connectivity index (χ4v) is 1.11. The summed E-state index contributed by atoms with van der Waals surface area (Å²) >= 11 is 11.0. The Hall–Kier alpha value is -1.19. The molecule has 1 aromatic carbocycles. The molecule has 0 saturated carbocycles. The summed E-state index contributed by atoms with van der Waals surface area (Å²) < 4.78 is 9.85. The first-order valence-electron chi connectivity index (χ1n) is 4.43. The zero-order valence-electron chi connectivity index (χ0n) is 8.57. The Morgan fingerprint density at radius 3 is 2.50 bits per heavy atom. The lowest BCUT2D eigenvalue weighted by molar-refractivity contribution is 0.0600. The summed E-state index contributed by atoms with van der Waals surface area (Å²) in [5.74, 6) is 0.217. The van der Waals surface area contributed by atoms with Gasteiger partial charge in [0.15, 0.2) is 0 Å². The van der Waals surface area contributed by atoms with Crippen LogP contribution in [0, 0.1) is 0 Å². The van der Waals surface area contributed by atoms with Gasteiger partial charge in [0.2, 0.25) is 0 Å². The van der Waals surface area contributed by atoms with Crippen LogP contribution in [-0.2, 0) is 4.74 Å². The van der Waals surface area contributed by atoms with E-state index in [4.69, 9.17) is 27.9 Å². The Labute approximate surface area is 104 Å². The highest BCUT2D eigenvalue weighted by Crippen LogP contribution is 2.14. The van der Waals surface area contributed by atoms with Gasteiger partial charge in [-0.2, -0.15) is 0 Å². The predicted molar refractivity (Wildman–Crippen MR) is 63.1 cm³/mol. The molecule has 0 radical (unpaired) electrons. The van der Waals surface area contributed by atoms with Crippen molar-refractivity contribution >= 4 is 29.2 Å². The Balaban J connectivity index is 2.61. The van der Waals surface area contributed by atoms with Gasteiger partial charge < -0.3 is 9.47 Å². The highest BCUT2D eigenvalue weighted by molar-refractivity contribution is 6.36. The number of methoxy groups -OCH3 is 1. The van der Waals surface area contributed by atoms with Gasteiger partial charge in [-0.15, -0.1) is 0 Å². The van der Waals surface area contributed by atoms with Crippen LogP contribution in [0.5, 0.6) is 5.75 Å². The van der Waals surface area contributed by atoms with Crippen molar-refractivity contribution in [1.82, 2.24) is 0 Å². The second-order valence-electron chi connectivity index (χ2n) is 2.86. The van der Waals surface area contributed by atoms with Crippen LogP contribution in [0.2, 0.25) is 0 Å². The smallest absolute Gasteiger partial charge is 0.337 e. The molecule has 0 aliphatic heterocycles. The Kier molecular flexibility index (Phi) is 5.15. The molecule has 16 heavy (non-hydrogen) atoms. The minimum Gasteiger partial charge on any atom is -0.488 e. The quantitative estimate of drug-likeness (QED) is 0.781. The van der Waals surface area contributed by atoms with Crippen LogP contribution in [0.3, 0.4) is 0 Å². The molecular weight excluding hydrogens is 251 g/mol. The SMILES string of the molecule is COC(=O)c1ccc(OCC(Cl)=CCl)cc1. The summed E-state index contributed by atoms with van der Waals surface area (Å²) in [5.41, 5.74) is 1.71. The number of hydrogen-bond acceptors (Lipinski definition) is 3. The highest BCUT2D eigenvalue weighted by atomic mass is 35.5. The van der Waals surface area contributed by atoms with Crippen molar-refractivity contribution in [3.05, 3.63) is 40.4 Å². The highest BCUT2D eigenvalue weighted by Gasteiger charge is 2.04. The van der Waals surface area contributed by atoms with Gasteiger partial charge in [0.05, 0.1) is 17.7 Å². The van der Waals surface area contributed by atoms with Gasteiger partial charge >= 0.3 is 5.97 Å². The molecule has 0 heterocycles. The normalized spacial score (nSPS) is 11.1. The minimum atomic E-state index is -0.384. The third-order valence-corrected chi connectivity index (χ3v) is 2.36. The van der Waals surface area contributed by atoms with E-state index in [9.17, 15) is 4.79 Å². The van der Waals surface area contributed by atoms with E-state index in [1.165, 1.54) is 12.6 Å². The van der Waals surface area contributed by atoms with Crippen LogP contribution in [0.4, 0.5) is 0 Å². The van der Waals surface area contributed by atoms with Crippen LogP contribution in [0.1, 0.15) is 10.4 Å². The lowest BCUT2D eigenvalue weighted by atomic mass is 10.2. The first kappa shape index (κ1) is 12.9. The molecule has 0 bridgehead atoms. The summed E-state index contributed by atoms with van der Waals surface area (Å²) in [6.07, 6.45) is 0. The third-order valence-electron chi connectivity index (χ3n) is 1.77. The van der Waals surface area contributed by atoms with Crippen LogP contribution in [0.25, 0.3) is 0 Å². The molecule has 0 aromatic heterocycles. The fraction of sp³-hybridized carbons (Fsp3) is 0.182. The molecule has 0 aliphatic rings. The second-order valence-corrected chi connectivity index (χ2v) is 3.56. The van der Waals surface area contributed by atoms with Gasteiger partial charge in [0, 0.05) is 5.54 Å². The molecule has 0 amide bonds. The van der Waals surface area contributed by atoms with E-state index in [0.29, 0.717) is 16.3 Å². The number of esters is 1. The number of carbonyl (C=O) groups excluding carboxylic acids is 1. The molecule has 1 aromatic rings. The summed E-state index contributed by atoms with van der Waals surface area (Å²) in [6.45, 7) is 0.197. The Morgan fingerprint density at radius 2 is 2.00 bits per heavy atom. The Bertz CT molecular complexity index is 385. The average molecular weight is 261 g/mol. The number of ether oxygens (including phenoxy) is 2. The molecule has 0 unspecified atom stereocenters. The molecule has 0 atom stereocenters. The molecule has 5 heteroatoms. The first-order chi connectivity index (χ1) is 7.67. The average Bonchev–Trinajstić information content (AvgIpc) is 2.35. The molecule has 0 spiro atoms. The number of hydrogen-bond donors (Lipinski definition) is 0. The van der Waals surface area contributed by atoms with Crippen molar-refractivity contribution in [3.8, 4) is 5.75 Å². The van der Waals surface area contributed by atoms with E-state index < -0.39 is 0 Å². The maximum atomic E-state index is 11.1. The zero-order chi connectivity index (χ0) is 12.0. The molecular formula is C11H10Cl2O3. The lowest BCUT2D eigenvalue weighted by Gasteiger charge is -2.05. The standard InChI is InChI=1S/C11H10Cl2O3/c1-15-11(14)8-2-4-10(5-3-8)16-7-9(13)6-12/h2-6H,7H2,1H3. The van der Waals surface area contributed by atoms with E-state index in [-0.39, 0.29) is 12.6 Å². The maximum absolute atomic E-state index is 11.1. The number of halogens is 2. The van der Waals surface area contributed by atoms with Crippen LogP contribution in [0.15, 0.2) is 34.8 Å². The molecule has 0 N–H and O–H groups in total. The predicted octanol–water partition coefficient (Wildman–Crippen LogP) is 3.17. The van der Waals surface area contributed by atoms with E-state index in [2.05, 4.69) is 4.74 Å². The van der Waals surface area contributed by atoms with Gasteiger partial charge in [-0.3, -0.25) is 0 Å². The van der Waals surface area contributed by atoms with E-state index in [1.807, 2.05) is 0 Å². The second kappa shape index (κ2) is 6.40. The summed E-state index contributed by atoms with van der Waals surface area (Å²) in [4.78, 5) is 11.1. The number of rotatable bonds is 4. The van der Waals surface area contributed by atoms with Crippen LogP contribution < -0.4 is 4.74 Å². The summed E-state index contributed by atoms with van der Waals surface area (Å²) in [6, 6.07) is 6.54. The Morgan fingerprint density at radius 1 is 1.38 bits per heavy atom. The van der Waals surface area contributed by atoms with Crippen molar-refractivity contribution in [2.45, 2.75) is 0 Å². The van der Waals surface area contributed by atoms with Crippen molar-refractivity contribution in [1.29, 1.82) is 0 Å². The zero-order valence-corrected chi connectivity index (χ0v) is 10.1. The van der Waals surface area contributed by atoms with E-state index in [0.717, 1.165) is 0 Å². The van der Waals surface area contributed by atoms with Gasteiger partial charge in [-0.1, -0.05) is 23.2 Å². The summed E-state index contributed by atoms with van der Waals surface area (Å²) in [5, 5.41) is 0.402. The van der Waals surface area contributed by atoms with Gasteiger partial charge in [-0.05, 0) is 24.3 Å². The van der Waals surface area contributed by atoms with Crippen LogP contribution >= 0.6 is 23.2 Å². The van der Waals surface area contributed by atoms with E-state index >= 15 is 0 Å². The number of benzene rings is 1. The molecule has 86 valence electrons. The fourth-order valence-electron chi connectivity index (χ4n) is 0.989. The monoisotopic (exact) mass is 260 g/mol. The van der Waals surface area contributed by atoms with Gasteiger partial charge in [0.1, 0.15) is 12.4 Å². The summed E-state index contributed by atoms with van der Waals surface area (Å²) in [7, 11) is 1.33. The molecule has 1 rings (SSSR count). The van der Waals surface area contributed by atoms with Crippen molar-refractivity contribution in [3.63, 3.8) is 0 Å². The minimum absolute atomic E-state index is 0.197. The largest absolute Gasteiger partial charge is 0.488 e. The number of carbonyl (C=O) groups is 1. The van der Waals surface area contributed by atoms with Gasteiger partial charge in [0.25, 0.3) is 0 Å². The van der Waals surface area contributed by atoms with Crippen LogP contribution in [-0.4, -0.2) is 19.7 Å². The van der Waals surface area contributed by atoms with E-state index in [1.54, 1.807) is 24.3 Å². The lowest BCUT2D eigenvalue weighted by Crippen LogP contribution is -2.01. The first-order valence-corrected chi connectivity index (χ1v) is 5.24. The third kappa shape index (κ3) is 3.76.